The minimum atomic E-state index is -0.0818. The molecule has 132 valence electrons. The standard InChI is InChI=1S/C20H23NO4/c22-20(21-18-7-2-8-19-17(18)9-11-24-19)14-4-1-5-15(12-14)25-13-16-6-3-10-23-16/h1,4-5,9,11-12,16,18H,2-3,6-8,10,13H2,(H,21,22). The van der Waals surface area contributed by atoms with Crippen LogP contribution in [0.4, 0.5) is 0 Å². The van der Waals surface area contributed by atoms with E-state index in [2.05, 4.69) is 5.32 Å². The number of aryl methyl sites for hydroxylation is 1. The molecule has 1 aromatic carbocycles. The summed E-state index contributed by atoms with van der Waals surface area (Å²) in [6.45, 7) is 1.35. The summed E-state index contributed by atoms with van der Waals surface area (Å²) in [6, 6.07) is 9.31. The Kier molecular flexibility index (Phi) is 4.74. The highest BCUT2D eigenvalue weighted by molar-refractivity contribution is 5.94. The number of furan rings is 1. The molecule has 0 bridgehead atoms. The third-order valence-electron chi connectivity index (χ3n) is 4.91. The summed E-state index contributed by atoms with van der Waals surface area (Å²) in [6.07, 6.45) is 6.90. The van der Waals surface area contributed by atoms with Gasteiger partial charge in [-0.3, -0.25) is 4.79 Å². The predicted octanol–water partition coefficient (Wildman–Crippen LogP) is 3.64. The van der Waals surface area contributed by atoms with E-state index >= 15 is 0 Å². The van der Waals surface area contributed by atoms with E-state index in [1.807, 2.05) is 24.3 Å². The van der Waals surface area contributed by atoms with Crippen LogP contribution in [0.2, 0.25) is 0 Å². The number of hydrogen-bond donors (Lipinski definition) is 1. The highest BCUT2D eigenvalue weighted by atomic mass is 16.5. The van der Waals surface area contributed by atoms with Crippen LogP contribution in [0, 0.1) is 0 Å². The lowest BCUT2D eigenvalue weighted by Gasteiger charge is -2.22. The molecule has 2 aliphatic rings. The maximum atomic E-state index is 12.6. The first-order valence-corrected chi connectivity index (χ1v) is 9.01. The molecule has 1 aliphatic carbocycles. The Hall–Kier alpha value is -2.27. The maximum Gasteiger partial charge on any atom is 0.251 e. The van der Waals surface area contributed by atoms with Crippen molar-refractivity contribution in [3.05, 3.63) is 53.5 Å². The van der Waals surface area contributed by atoms with Gasteiger partial charge in [-0.1, -0.05) is 6.07 Å². The van der Waals surface area contributed by atoms with Crippen molar-refractivity contribution in [3.63, 3.8) is 0 Å². The van der Waals surface area contributed by atoms with Crippen molar-refractivity contribution in [1.29, 1.82) is 0 Å². The van der Waals surface area contributed by atoms with Crippen LogP contribution in [0.15, 0.2) is 41.0 Å². The first kappa shape index (κ1) is 16.2. The Morgan fingerprint density at radius 2 is 2.20 bits per heavy atom. The molecule has 0 spiro atoms. The van der Waals surface area contributed by atoms with Crippen molar-refractivity contribution >= 4 is 5.91 Å². The van der Waals surface area contributed by atoms with E-state index in [-0.39, 0.29) is 18.1 Å². The van der Waals surface area contributed by atoms with Crippen molar-refractivity contribution in [2.24, 2.45) is 0 Å². The summed E-state index contributed by atoms with van der Waals surface area (Å²) in [5, 5.41) is 3.12. The first-order chi connectivity index (χ1) is 12.3. The molecule has 1 fully saturated rings. The molecular weight excluding hydrogens is 318 g/mol. The number of carbonyl (C=O) groups is 1. The Morgan fingerprint density at radius 3 is 3.08 bits per heavy atom. The van der Waals surface area contributed by atoms with Gasteiger partial charge < -0.3 is 19.2 Å². The van der Waals surface area contributed by atoms with Crippen LogP contribution in [0.3, 0.4) is 0 Å². The maximum absolute atomic E-state index is 12.6. The molecule has 5 heteroatoms. The van der Waals surface area contributed by atoms with Crippen LogP contribution in [-0.4, -0.2) is 25.2 Å². The van der Waals surface area contributed by atoms with Gasteiger partial charge in [0.2, 0.25) is 0 Å². The largest absolute Gasteiger partial charge is 0.491 e. The van der Waals surface area contributed by atoms with Gasteiger partial charge >= 0.3 is 0 Å². The van der Waals surface area contributed by atoms with Crippen molar-refractivity contribution < 1.29 is 18.7 Å². The molecule has 1 amide bonds. The van der Waals surface area contributed by atoms with Crippen LogP contribution in [0.25, 0.3) is 0 Å². The zero-order valence-corrected chi connectivity index (χ0v) is 14.2. The van der Waals surface area contributed by atoms with Crippen molar-refractivity contribution in [2.75, 3.05) is 13.2 Å². The number of amides is 1. The van der Waals surface area contributed by atoms with E-state index in [0.29, 0.717) is 17.9 Å². The van der Waals surface area contributed by atoms with E-state index in [4.69, 9.17) is 13.9 Å². The first-order valence-electron chi connectivity index (χ1n) is 9.01. The Bertz CT molecular complexity index is 733. The summed E-state index contributed by atoms with van der Waals surface area (Å²) in [7, 11) is 0. The minimum Gasteiger partial charge on any atom is -0.491 e. The van der Waals surface area contributed by atoms with Crippen LogP contribution < -0.4 is 10.1 Å². The second kappa shape index (κ2) is 7.31. The number of benzene rings is 1. The lowest BCUT2D eigenvalue weighted by atomic mass is 9.93. The van der Waals surface area contributed by atoms with Crippen LogP contribution in [-0.2, 0) is 11.2 Å². The van der Waals surface area contributed by atoms with E-state index in [0.717, 1.165) is 50.0 Å². The molecule has 1 aromatic heterocycles. The fourth-order valence-corrected chi connectivity index (χ4v) is 3.57. The second-order valence-electron chi connectivity index (χ2n) is 6.69. The van der Waals surface area contributed by atoms with Gasteiger partial charge in [0.25, 0.3) is 5.91 Å². The number of carbonyl (C=O) groups excluding carboxylic acids is 1. The summed E-state index contributed by atoms with van der Waals surface area (Å²) in [4.78, 5) is 12.6. The smallest absolute Gasteiger partial charge is 0.251 e. The monoisotopic (exact) mass is 341 g/mol. The van der Waals surface area contributed by atoms with Gasteiger partial charge in [-0.05, 0) is 49.9 Å². The predicted molar refractivity (Wildman–Crippen MR) is 92.8 cm³/mol. The molecule has 0 radical (unpaired) electrons. The van der Waals surface area contributed by atoms with Crippen LogP contribution in [0.5, 0.6) is 5.75 Å². The molecular formula is C20H23NO4. The molecule has 2 heterocycles. The van der Waals surface area contributed by atoms with E-state index in [1.165, 1.54) is 0 Å². The summed E-state index contributed by atoms with van der Waals surface area (Å²) in [5.41, 5.74) is 1.71. The zero-order chi connectivity index (χ0) is 17.1. The normalized spacial score (nSPS) is 22.4. The van der Waals surface area contributed by atoms with Crippen LogP contribution in [0.1, 0.15) is 53.4 Å². The summed E-state index contributed by atoms with van der Waals surface area (Å²) < 4.78 is 16.9. The van der Waals surface area contributed by atoms with Crippen molar-refractivity contribution in [1.82, 2.24) is 5.32 Å². The van der Waals surface area contributed by atoms with Crippen LogP contribution >= 0.6 is 0 Å². The molecule has 4 rings (SSSR count). The Morgan fingerprint density at radius 1 is 1.24 bits per heavy atom. The third kappa shape index (κ3) is 3.71. The minimum absolute atomic E-state index is 0.0199. The van der Waals surface area contributed by atoms with Crippen molar-refractivity contribution in [2.45, 2.75) is 44.2 Å². The van der Waals surface area contributed by atoms with Gasteiger partial charge in [0, 0.05) is 24.2 Å². The highest BCUT2D eigenvalue weighted by Crippen LogP contribution is 2.30. The fraction of sp³-hybridized carbons (Fsp3) is 0.450. The number of ether oxygens (including phenoxy) is 2. The number of nitrogens with one attached hydrogen (secondary N) is 1. The highest BCUT2D eigenvalue weighted by Gasteiger charge is 2.24. The second-order valence-corrected chi connectivity index (χ2v) is 6.69. The molecule has 5 nitrogen and oxygen atoms in total. The van der Waals surface area contributed by atoms with Gasteiger partial charge in [0.1, 0.15) is 18.1 Å². The lowest BCUT2D eigenvalue weighted by molar-refractivity contribution is 0.0679. The molecule has 2 atom stereocenters. The molecule has 1 N–H and O–H groups in total. The quantitative estimate of drug-likeness (QED) is 0.902. The molecule has 2 unspecified atom stereocenters. The molecule has 25 heavy (non-hydrogen) atoms. The lowest BCUT2D eigenvalue weighted by Crippen LogP contribution is -2.30. The molecule has 2 aromatic rings. The molecule has 1 aliphatic heterocycles. The van der Waals surface area contributed by atoms with E-state index in [9.17, 15) is 4.79 Å². The number of hydrogen-bond acceptors (Lipinski definition) is 4. The van der Waals surface area contributed by atoms with E-state index < -0.39 is 0 Å². The van der Waals surface area contributed by atoms with Crippen molar-refractivity contribution in [3.8, 4) is 5.75 Å². The van der Waals surface area contributed by atoms with E-state index in [1.54, 1.807) is 12.3 Å². The zero-order valence-electron chi connectivity index (χ0n) is 14.2. The average molecular weight is 341 g/mol. The third-order valence-corrected chi connectivity index (χ3v) is 4.91. The Labute approximate surface area is 147 Å². The van der Waals surface area contributed by atoms with Gasteiger partial charge in [0.05, 0.1) is 18.4 Å². The molecule has 1 saturated heterocycles. The number of rotatable bonds is 5. The number of fused-ring (bicyclic) bond motifs is 1. The summed E-state index contributed by atoms with van der Waals surface area (Å²) in [5.74, 6) is 1.61. The topological polar surface area (TPSA) is 60.7 Å². The van der Waals surface area contributed by atoms with Gasteiger partial charge in [-0.25, -0.2) is 0 Å². The Balaban J connectivity index is 1.40. The average Bonchev–Trinajstić information content (AvgIpc) is 3.32. The van der Waals surface area contributed by atoms with Gasteiger partial charge in [0.15, 0.2) is 0 Å². The molecule has 0 saturated carbocycles. The van der Waals surface area contributed by atoms with Gasteiger partial charge in [-0.2, -0.15) is 0 Å². The SMILES string of the molecule is O=C(NC1CCCc2occc21)c1cccc(OCC2CCCO2)c1. The fourth-order valence-electron chi connectivity index (χ4n) is 3.57. The van der Waals surface area contributed by atoms with Gasteiger partial charge in [-0.15, -0.1) is 0 Å². The summed E-state index contributed by atoms with van der Waals surface area (Å²) >= 11 is 0.